The van der Waals surface area contributed by atoms with Crippen molar-refractivity contribution in [3.63, 3.8) is 0 Å². The molecule has 1 saturated heterocycles. The average Bonchev–Trinajstić information content (AvgIpc) is 2.97. The van der Waals surface area contributed by atoms with Gasteiger partial charge in [-0.2, -0.15) is 0 Å². The summed E-state index contributed by atoms with van der Waals surface area (Å²) in [7, 11) is 0. The smallest absolute Gasteiger partial charge is 0.322 e. The van der Waals surface area contributed by atoms with Gasteiger partial charge in [-0.25, -0.2) is 4.79 Å². The first-order valence-corrected chi connectivity index (χ1v) is 7.95. The van der Waals surface area contributed by atoms with Gasteiger partial charge in [-0.05, 0) is 36.8 Å². The van der Waals surface area contributed by atoms with Crippen LogP contribution in [0.4, 0.5) is 9.80 Å². The normalized spacial score (nSPS) is 15.9. The SMILES string of the molecule is CCCNC(=O)C1CCN(C(=O)Nc2cccs2)CC1. The maximum Gasteiger partial charge on any atom is 0.322 e. The lowest BCUT2D eigenvalue weighted by Gasteiger charge is -2.31. The number of carbonyl (C=O) groups is 2. The maximum atomic E-state index is 12.0. The first-order valence-electron chi connectivity index (χ1n) is 7.08. The predicted octanol–water partition coefficient (Wildman–Crippen LogP) is 2.52. The Morgan fingerprint density at radius 3 is 2.75 bits per heavy atom. The second-order valence-corrected chi connectivity index (χ2v) is 5.91. The zero-order chi connectivity index (χ0) is 14.4. The van der Waals surface area contributed by atoms with Crippen molar-refractivity contribution < 1.29 is 9.59 Å². The van der Waals surface area contributed by atoms with E-state index in [1.54, 1.807) is 4.90 Å². The number of carbonyl (C=O) groups excluding carboxylic acids is 2. The van der Waals surface area contributed by atoms with Crippen LogP contribution in [0.15, 0.2) is 17.5 Å². The second kappa shape index (κ2) is 7.28. The number of rotatable bonds is 4. The van der Waals surface area contributed by atoms with Crippen molar-refractivity contribution in [2.45, 2.75) is 26.2 Å². The van der Waals surface area contributed by atoms with Crippen molar-refractivity contribution in [1.29, 1.82) is 0 Å². The number of thiophene rings is 1. The van der Waals surface area contributed by atoms with E-state index in [-0.39, 0.29) is 17.9 Å². The molecule has 0 aromatic carbocycles. The van der Waals surface area contributed by atoms with E-state index in [1.807, 2.05) is 24.4 Å². The molecule has 6 heteroatoms. The minimum atomic E-state index is -0.0696. The lowest BCUT2D eigenvalue weighted by molar-refractivity contribution is -0.126. The minimum absolute atomic E-state index is 0.0485. The average molecular weight is 295 g/mol. The topological polar surface area (TPSA) is 61.4 Å². The molecule has 110 valence electrons. The van der Waals surface area contributed by atoms with E-state index in [9.17, 15) is 9.59 Å². The first-order chi connectivity index (χ1) is 9.70. The Balaban J connectivity index is 1.76. The van der Waals surface area contributed by atoms with E-state index in [0.717, 1.165) is 30.8 Å². The highest BCUT2D eigenvalue weighted by Crippen LogP contribution is 2.20. The standard InChI is InChI=1S/C14H21N3O2S/c1-2-7-15-13(18)11-5-8-17(9-6-11)14(19)16-12-4-3-10-20-12/h3-4,10-11H,2,5-9H2,1H3,(H,15,18)(H,16,19). The number of urea groups is 1. The van der Waals surface area contributed by atoms with Gasteiger partial charge in [-0.15, -0.1) is 11.3 Å². The number of anilines is 1. The van der Waals surface area contributed by atoms with Crippen molar-refractivity contribution in [1.82, 2.24) is 10.2 Å². The van der Waals surface area contributed by atoms with Crippen LogP contribution in [-0.2, 0) is 4.79 Å². The fourth-order valence-corrected chi connectivity index (χ4v) is 2.88. The molecule has 0 spiro atoms. The van der Waals surface area contributed by atoms with Crippen molar-refractivity contribution in [2.75, 3.05) is 25.0 Å². The molecule has 0 aliphatic carbocycles. The number of piperidine rings is 1. The fourth-order valence-electron chi connectivity index (χ4n) is 2.27. The lowest BCUT2D eigenvalue weighted by atomic mass is 9.96. The molecule has 2 N–H and O–H groups in total. The molecule has 0 atom stereocenters. The summed E-state index contributed by atoms with van der Waals surface area (Å²) in [5, 5.41) is 8.59. The Morgan fingerprint density at radius 1 is 1.40 bits per heavy atom. The van der Waals surface area contributed by atoms with Gasteiger partial charge in [-0.3, -0.25) is 10.1 Å². The highest BCUT2D eigenvalue weighted by Gasteiger charge is 2.27. The molecule has 2 rings (SSSR count). The molecule has 1 aromatic rings. The quantitative estimate of drug-likeness (QED) is 0.896. The number of amides is 3. The largest absolute Gasteiger partial charge is 0.356 e. The van der Waals surface area contributed by atoms with Gasteiger partial charge in [0.1, 0.15) is 0 Å². The summed E-state index contributed by atoms with van der Waals surface area (Å²) in [6.45, 7) is 4.05. The molecule has 0 radical (unpaired) electrons. The van der Waals surface area contributed by atoms with Crippen molar-refractivity contribution in [2.24, 2.45) is 5.92 Å². The summed E-state index contributed by atoms with van der Waals surface area (Å²) >= 11 is 1.51. The second-order valence-electron chi connectivity index (χ2n) is 4.96. The van der Waals surface area contributed by atoms with Crippen LogP contribution in [0.25, 0.3) is 0 Å². The van der Waals surface area contributed by atoms with Crippen LogP contribution >= 0.6 is 11.3 Å². The Morgan fingerprint density at radius 2 is 2.15 bits per heavy atom. The Labute approximate surface area is 123 Å². The van der Waals surface area contributed by atoms with Gasteiger partial charge in [-0.1, -0.05) is 6.92 Å². The molecule has 1 aliphatic heterocycles. The summed E-state index contributed by atoms with van der Waals surface area (Å²) < 4.78 is 0. The van der Waals surface area contributed by atoms with Gasteiger partial charge in [0.25, 0.3) is 0 Å². The van der Waals surface area contributed by atoms with Crippen LogP contribution in [0.2, 0.25) is 0 Å². The van der Waals surface area contributed by atoms with Gasteiger partial charge >= 0.3 is 6.03 Å². The van der Waals surface area contributed by atoms with Crippen LogP contribution in [0.1, 0.15) is 26.2 Å². The van der Waals surface area contributed by atoms with E-state index < -0.39 is 0 Å². The molecule has 2 heterocycles. The van der Waals surface area contributed by atoms with Gasteiger partial charge in [0, 0.05) is 25.6 Å². The Hall–Kier alpha value is -1.56. The van der Waals surface area contributed by atoms with Crippen LogP contribution in [0, 0.1) is 5.92 Å². The summed E-state index contributed by atoms with van der Waals surface area (Å²) in [6.07, 6.45) is 2.44. The van der Waals surface area contributed by atoms with Crippen molar-refractivity contribution in [3.8, 4) is 0 Å². The van der Waals surface area contributed by atoms with Gasteiger partial charge in [0.05, 0.1) is 5.00 Å². The highest BCUT2D eigenvalue weighted by molar-refractivity contribution is 7.14. The third-order valence-corrected chi connectivity index (χ3v) is 4.24. The van der Waals surface area contributed by atoms with Crippen LogP contribution in [-0.4, -0.2) is 36.5 Å². The first kappa shape index (κ1) is 14.8. The summed E-state index contributed by atoms with van der Waals surface area (Å²) in [5.41, 5.74) is 0. The van der Waals surface area contributed by atoms with E-state index in [4.69, 9.17) is 0 Å². The molecule has 1 aliphatic rings. The van der Waals surface area contributed by atoms with Gasteiger partial charge in [0.15, 0.2) is 0 Å². The third-order valence-electron chi connectivity index (χ3n) is 3.45. The number of likely N-dealkylation sites (tertiary alicyclic amines) is 1. The molecular formula is C14H21N3O2S. The zero-order valence-corrected chi connectivity index (χ0v) is 12.5. The monoisotopic (exact) mass is 295 g/mol. The van der Waals surface area contributed by atoms with E-state index in [2.05, 4.69) is 10.6 Å². The number of nitrogens with zero attached hydrogens (tertiary/aromatic N) is 1. The number of hydrogen-bond donors (Lipinski definition) is 2. The molecule has 0 unspecified atom stereocenters. The molecule has 0 saturated carbocycles. The molecule has 5 nitrogen and oxygen atoms in total. The molecule has 0 bridgehead atoms. The third kappa shape index (κ3) is 3.96. The molecule has 1 aromatic heterocycles. The predicted molar refractivity (Wildman–Crippen MR) is 80.9 cm³/mol. The molecule has 3 amide bonds. The van der Waals surface area contributed by atoms with E-state index >= 15 is 0 Å². The molecular weight excluding hydrogens is 274 g/mol. The van der Waals surface area contributed by atoms with Crippen molar-refractivity contribution in [3.05, 3.63) is 17.5 Å². The molecule has 20 heavy (non-hydrogen) atoms. The molecule has 1 fully saturated rings. The van der Waals surface area contributed by atoms with Gasteiger partial charge in [0.2, 0.25) is 5.91 Å². The van der Waals surface area contributed by atoms with Crippen LogP contribution in [0.5, 0.6) is 0 Å². The van der Waals surface area contributed by atoms with E-state index in [1.165, 1.54) is 11.3 Å². The number of hydrogen-bond acceptors (Lipinski definition) is 3. The summed E-state index contributed by atoms with van der Waals surface area (Å²) in [4.78, 5) is 25.7. The minimum Gasteiger partial charge on any atom is -0.356 e. The van der Waals surface area contributed by atoms with Crippen LogP contribution in [0.3, 0.4) is 0 Å². The van der Waals surface area contributed by atoms with E-state index in [0.29, 0.717) is 13.1 Å². The fraction of sp³-hybridized carbons (Fsp3) is 0.571. The van der Waals surface area contributed by atoms with Gasteiger partial charge < -0.3 is 10.2 Å². The Bertz CT molecular complexity index is 439. The Kier molecular flexibility index (Phi) is 5.40. The lowest BCUT2D eigenvalue weighted by Crippen LogP contribution is -2.44. The number of nitrogens with one attached hydrogen (secondary N) is 2. The zero-order valence-electron chi connectivity index (χ0n) is 11.7. The van der Waals surface area contributed by atoms with Crippen LogP contribution < -0.4 is 10.6 Å². The maximum absolute atomic E-state index is 12.0. The summed E-state index contributed by atoms with van der Waals surface area (Å²) in [6, 6.07) is 3.72. The van der Waals surface area contributed by atoms with Crippen molar-refractivity contribution >= 4 is 28.3 Å². The highest BCUT2D eigenvalue weighted by atomic mass is 32.1. The summed E-state index contributed by atoms with van der Waals surface area (Å²) in [5.74, 6) is 0.178.